The molecule has 0 radical (unpaired) electrons. The number of ether oxygens (including phenoxy) is 1. The molecule has 1 atom stereocenters. The molecule has 2 aliphatic rings. The number of nitrogens with one attached hydrogen (secondary N) is 1. The number of carbonyl (C=O) groups is 3. The summed E-state index contributed by atoms with van der Waals surface area (Å²) in [5.74, 6) is 0.163. The van der Waals surface area contributed by atoms with Gasteiger partial charge in [-0.25, -0.2) is 0 Å². The Morgan fingerprint density at radius 1 is 1.14 bits per heavy atom. The number of rotatable bonds is 5. The highest BCUT2D eigenvalue weighted by Gasteiger charge is 2.35. The van der Waals surface area contributed by atoms with Gasteiger partial charge in [-0.15, -0.1) is 0 Å². The fraction of sp³-hybridized carbons (Fsp3) is 0.318. The van der Waals surface area contributed by atoms with E-state index in [0.717, 1.165) is 23.3 Å². The molecule has 0 fully saturated rings. The average molecular weight is 378 g/mol. The zero-order chi connectivity index (χ0) is 19.7. The van der Waals surface area contributed by atoms with Crippen molar-refractivity contribution in [1.82, 2.24) is 10.2 Å². The molecule has 0 bridgehead atoms. The second-order valence-electron chi connectivity index (χ2n) is 7.21. The molecule has 0 aromatic heterocycles. The van der Waals surface area contributed by atoms with Crippen LogP contribution in [-0.4, -0.2) is 35.8 Å². The first-order valence-electron chi connectivity index (χ1n) is 9.52. The lowest BCUT2D eigenvalue weighted by Crippen LogP contribution is -2.34. The Labute approximate surface area is 163 Å². The summed E-state index contributed by atoms with van der Waals surface area (Å²) in [5, 5.41) is 3.04. The van der Waals surface area contributed by atoms with Crippen LogP contribution in [0.15, 0.2) is 42.5 Å². The van der Waals surface area contributed by atoms with Crippen LogP contribution < -0.4 is 10.1 Å². The van der Waals surface area contributed by atoms with Crippen LogP contribution in [0.4, 0.5) is 0 Å². The minimum absolute atomic E-state index is 0.0697. The van der Waals surface area contributed by atoms with Crippen molar-refractivity contribution in [1.29, 1.82) is 0 Å². The lowest BCUT2D eigenvalue weighted by molar-refractivity contribution is -0.122. The molecule has 4 rings (SSSR count). The smallest absolute Gasteiger partial charge is 0.261 e. The van der Waals surface area contributed by atoms with Crippen molar-refractivity contribution in [2.75, 3.05) is 13.2 Å². The lowest BCUT2D eigenvalue weighted by atomic mass is 10.0. The van der Waals surface area contributed by atoms with Crippen molar-refractivity contribution in [2.45, 2.75) is 32.2 Å². The molecule has 3 amide bonds. The van der Waals surface area contributed by atoms with E-state index < -0.39 is 0 Å². The Morgan fingerprint density at radius 3 is 2.79 bits per heavy atom. The van der Waals surface area contributed by atoms with E-state index in [1.54, 1.807) is 12.1 Å². The number of aryl methyl sites for hydroxylation is 1. The highest BCUT2D eigenvalue weighted by Crippen LogP contribution is 2.31. The van der Waals surface area contributed by atoms with E-state index in [0.29, 0.717) is 24.2 Å². The third-order valence-electron chi connectivity index (χ3n) is 5.21. The summed E-state index contributed by atoms with van der Waals surface area (Å²) in [5.41, 5.74) is 2.82. The van der Waals surface area contributed by atoms with Crippen LogP contribution >= 0.6 is 0 Å². The van der Waals surface area contributed by atoms with E-state index in [2.05, 4.69) is 5.32 Å². The zero-order valence-corrected chi connectivity index (χ0v) is 15.7. The summed E-state index contributed by atoms with van der Waals surface area (Å²) >= 11 is 0. The maximum Gasteiger partial charge on any atom is 0.261 e. The Morgan fingerprint density at radius 2 is 1.93 bits per heavy atom. The Bertz CT molecular complexity index is 953. The van der Waals surface area contributed by atoms with Gasteiger partial charge in [-0.1, -0.05) is 29.8 Å². The zero-order valence-electron chi connectivity index (χ0n) is 15.7. The van der Waals surface area contributed by atoms with Gasteiger partial charge >= 0.3 is 0 Å². The monoisotopic (exact) mass is 378 g/mol. The normalized spacial score (nSPS) is 17.8. The molecule has 2 aromatic carbocycles. The van der Waals surface area contributed by atoms with Crippen molar-refractivity contribution < 1.29 is 19.1 Å². The molecule has 0 saturated heterocycles. The van der Waals surface area contributed by atoms with E-state index in [4.69, 9.17) is 4.74 Å². The SMILES string of the molecule is Cc1ccc2c(c1)C(=O)N(CCCC(=O)NC1CCOc3ccccc31)C2=O. The average Bonchev–Trinajstić information content (AvgIpc) is 2.92. The summed E-state index contributed by atoms with van der Waals surface area (Å²) in [4.78, 5) is 38.5. The molecule has 28 heavy (non-hydrogen) atoms. The first kappa shape index (κ1) is 18.2. The third-order valence-corrected chi connectivity index (χ3v) is 5.21. The van der Waals surface area contributed by atoms with Gasteiger partial charge in [-0.05, 0) is 31.5 Å². The van der Waals surface area contributed by atoms with Crippen LogP contribution in [0.25, 0.3) is 0 Å². The predicted octanol–water partition coefficient (Wildman–Crippen LogP) is 3.01. The predicted molar refractivity (Wildman–Crippen MR) is 103 cm³/mol. The van der Waals surface area contributed by atoms with Crippen LogP contribution in [0.5, 0.6) is 5.75 Å². The first-order valence-corrected chi connectivity index (χ1v) is 9.52. The summed E-state index contributed by atoms with van der Waals surface area (Å²) < 4.78 is 5.61. The maximum atomic E-state index is 12.5. The topological polar surface area (TPSA) is 75.7 Å². The number of fused-ring (bicyclic) bond motifs is 2. The summed E-state index contributed by atoms with van der Waals surface area (Å²) in [6.07, 6.45) is 1.41. The standard InChI is InChI=1S/C22H22N2O4/c1-14-8-9-15-17(13-14)22(27)24(21(15)26)11-4-7-20(25)23-18-10-12-28-19-6-3-2-5-16(18)19/h2-3,5-6,8-9,13,18H,4,7,10-12H2,1H3,(H,23,25). The number of hydrogen-bond donors (Lipinski definition) is 1. The van der Waals surface area contributed by atoms with Crippen LogP contribution in [0.3, 0.4) is 0 Å². The molecule has 144 valence electrons. The molecule has 6 heteroatoms. The van der Waals surface area contributed by atoms with Gasteiger partial charge in [0.1, 0.15) is 5.75 Å². The molecule has 2 heterocycles. The number of imide groups is 1. The van der Waals surface area contributed by atoms with Crippen molar-refractivity contribution in [3.63, 3.8) is 0 Å². The Hall–Kier alpha value is -3.15. The van der Waals surface area contributed by atoms with Gasteiger partial charge in [0, 0.05) is 24.9 Å². The number of nitrogens with zero attached hydrogens (tertiary/aromatic N) is 1. The first-order chi connectivity index (χ1) is 13.5. The van der Waals surface area contributed by atoms with Crippen molar-refractivity contribution in [3.8, 4) is 5.75 Å². The molecule has 1 N–H and O–H groups in total. The molecule has 1 unspecified atom stereocenters. The summed E-state index contributed by atoms with van der Waals surface area (Å²) in [6, 6.07) is 12.9. The number of para-hydroxylation sites is 1. The number of amides is 3. The summed E-state index contributed by atoms with van der Waals surface area (Å²) in [7, 11) is 0. The molecule has 0 aliphatic carbocycles. The second-order valence-corrected chi connectivity index (χ2v) is 7.21. The minimum Gasteiger partial charge on any atom is -0.493 e. The molecule has 6 nitrogen and oxygen atoms in total. The van der Waals surface area contributed by atoms with Gasteiger partial charge in [-0.3, -0.25) is 19.3 Å². The van der Waals surface area contributed by atoms with Gasteiger partial charge in [0.15, 0.2) is 0 Å². The van der Waals surface area contributed by atoms with Gasteiger partial charge < -0.3 is 10.1 Å². The Kier molecular flexibility index (Phi) is 4.86. The van der Waals surface area contributed by atoms with Crippen LogP contribution in [0.1, 0.15) is 57.1 Å². The van der Waals surface area contributed by atoms with E-state index in [9.17, 15) is 14.4 Å². The second kappa shape index (κ2) is 7.46. The fourth-order valence-electron chi connectivity index (χ4n) is 3.76. The largest absolute Gasteiger partial charge is 0.493 e. The van der Waals surface area contributed by atoms with Gasteiger partial charge in [-0.2, -0.15) is 0 Å². The fourth-order valence-corrected chi connectivity index (χ4v) is 3.76. The third kappa shape index (κ3) is 3.38. The van der Waals surface area contributed by atoms with E-state index in [1.807, 2.05) is 37.3 Å². The highest BCUT2D eigenvalue weighted by molar-refractivity contribution is 6.21. The van der Waals surface area contributed by atoms with Gasteiger partial charge in [0.2, 0.25) is 5.91 Å². The molecule has 0 saturated carbocycles. The van der Waals surface area contributed by atoms with Crippen molar-refractivity contribution in [3.05, 3.63) is 64.7 Å². The molecule has 0 spiro atoms. The van der Waals surface area contributed by atoms with E-state index >= 15 is 0 Å². The van der Waals surface area contributed by atoms with Gasteiger partial charge in [0.05, 0.1) is 23.8 Å². The van der Waals surface area contributed by atoms with Crippen LogP contribution in [0, 0.1) is 6.92 Å². The highest BCUT2D eigenvalue weighted by atomic mass is 16.5. The van der Waals surface area contributed by atoms with E-state index in [-0.39, 0.29) is 36.7 Å². The van der Waals surface area contributed by atoms with Crippen molar-refractivity contribution in [2.24, 2.45) is 0 Å². The van der Waals surface area contributed by atoms with Crippen molar-refractivity contribution >= 4 is 17.7 Å². The number of carbonyl (C=O) groups excluding carboxylic acids is 3. The molecular weight excluding hydrogens is 356 g/mol. The minimum atomic E-state index is -0.279. The van der Waals surface area contributed by atoms with Crippen LogP contribution in [-0.2, 0) is 4.79 Å². The van der Waals surface area contributed by atoms with Gasteiger partial charge in [0.25, 0.3) is 11.8 Å². The Balaban J connectivity index is 1.32. The lowest BCUT2D eigenvalue weighted by Gasteiger charge is -2.26. The molecular formula is C22H22N2O4. The summed E-state index contributed by atoms with van der Waals surface area (Å²) in [6.45, 7) is 2.69. The maximum absolute atomic E-state index is 12.5. The quantitative estimate of drug-likeness (QED) is 0.812. The number of hydrogen-bond acceptors (Lipinski definition) is 4. The molecule has 2 aromatic rings. The van der Waals surface area contributed by atoms with E-state index in [1.165, 1.54) is 4.90 Å². The number of benzene rings is 2. The van der Waals surface area contributed by atoms with Crippen LogP contribution in [0.2, 0.25) is 0 Å². The molecule has 2 aliphatic heterocycles.